The molecule has 0 aromatic carbocycles. The molecule has 0 aliphatic heterocycles. The van der Waals surface area contributed by atoms with Crippen molar-refractivity contribution in [2.24, 2.45) is 22.9 Å². The molecule has 0 spiro atoms. The van der Waals surface area contributed by atoms with Gasteiger partial charge in [0.25, 0.3) is 0 Å². The first kappa shape index (κ1) is 28.5. The first-order valence-electron chi connectivity index (χ1n) is 7.84. The van der Waals surface area contributed by atoms with Gasteiger partial charge in [0, 0.05) is 0 Å². The Balaban J connectivity index is -0.000000316. The van der Waals surface area contributed by atoms with Crippen LogP contribution in [0.3, 0.4) is 0 Å². The molecule has 12 N–H and O–H groups in total. The van der Waals surface area contributed by atoms with E-state index in [1.807, 2.05) is 0 Å². The Morgan fingerprint density at radius 2 is 0.885 bits per heavy atom. The first-order valence-corrected chi connectivity index (χ1v) is 7.84. The number of carboxylic acids is 4. The summed E-state index contributed by atoms with van der Waals surface area (Å²) in [5.74, 6) is -5.51. The van der Waals surface area contributed by atoms with Crippen molar-refractivity contribution in [2.45, 2.75) is 50.6 Å². The van der Waals surface area contributed by atoms with Gasteiger partial charge < -0.3 is 43.4 Å². The van der Waals surface area contributed by atoms with Crippen molar-refractivity contribution in [2.75, 3.05) is 13.1 Å². The second-order valence-corrected chi connectivity index (χ2v) is 5.07. The van der Waals surface area contributed by atoms with E-state index >= 15 is 0 Å². The predicted molar refractivity (Wildman–Crippen MR) is 92.3 cm³/mol. The van der Waals surface area contributed by atoms with E-state index in [4.69, 9.17) is 52.9 Å². The van der Waals surface area contributed by atoms with E-state index < -0.39 is 36.0 Å². The second kappa shape index (κ2) is 19.1. The van der Waals surface area contributed by atoms with Crippen LogP contribution in [-0.4, -0.2) is 69.5 Å². The number of hydrogen-bond acceptors (Lipinski definition) is 8. The van der Waals surface area contributed by atoms with Gasteiger partial charge in [0.2, 0.25) is 0 Å². The highest BCUT2D eigenvalue weighted by Gasteiger charge is 2.09. The summed E-state index contributed by atoms with van der Waals surface area (Å²) < 4.78 is 0. The van der Waals surface area contributed by atoms with E-state index in [0.29, 0.717) is 25.9 Å². The van der Waals surface area contributed by atoms with Crippen LogP contribution in [0.25, 0.3) is 0 Å². The van der Waals surface area contributed by atoms with Gasteiger partial charge >= 0.3 is 23.9 Å². The fraction of sp³-hybridized carbons (Fsp3) is 0.714. The highest BCUT2D eigenvalue weighted by atomic mass is 16.4. The molecule has 0 aromatic rings. The summed E-state index contributed by atoms with van der Waals surface area (Å²) in [5.41, 5.74) is 20.8. The minimum atomic E-state index is -1.82. The molecule has 12 heteroatoms. The number of rotatable bonds is 10. The number of unbranched alkanes of at least 4 members (excludes halogenated alkanes) is 2. The summed E-state index contributed by atoms with van der Waals surface area (Å²) in [6.07, 6.45) is 4.33. The maximum atomic E-state index is 10.1. The molecule has 2 atom stereocenters. The van der Waals surface area contributed by atoms with E-state index in [0.717, 1.165) is 25.7 Å². The normalized spacial score (nSPS) is 11.7. The Bertz CT molecular complexity index is 382. The van der Waals surface area contributed by atoms with Gasteiger partial charge in [-0.2, -0.15) is 0 Å². The van der Waals surface area contributed by atoms with Gasteiger partial charge in [-0.15, -0.1) is 0 Å². The van der Waals surface area contributed by atoms with Crippen LogP contribution in [-0.2, 0) is 19.2 Å². The Kier molecular flexibility index (Phi) is 20.9. The van der Waals surface area contributed by atoms with E-state index in [1.54, 1.807) is 0 Å². The van der Waals surface area contributed by atoms with Gasteiger partial charge in [0.15, 0.2) is 0 Å². The lowest BCUT2D eigenvalue weighted by molar-refractivity contribution is -0.159. The summed E-state index contributed by atoms with van der Waals surface area (Å²) in [4.78, 5) is 38.5. The third kappa shape index (κ3) is 24.0. The highest BCUT2D eigenvalue weighted by molar-refractivity contribution is 6.27. The van der Waals surface area contributed by atoms with Gasteiger partial charge in [-0.05, 0) is 38.8 Å². The van der Waals surface area contributed by atoms with Gasteiger partial charge in [0.05, 0.1) is 0 Å². The first-order chi connectivity index (χ1) is 12.0. The van der Waals surface area contributed by atoms with Crippen molar-refractivity contribution < 1.29 is 39.6 Å². The molecule has 0 radical (unpaired) electrons. The van der Waals surface area contributed by atoms with E-state index in [9.17, 15) is 9.59 Å². The lowest BCUT2D eigenvalue weighted by Gasteiger charge is -2.03. The summed E-state index contributed by atoms with van der Waals surface area (Å²) in [7, 11) is 0. The quantitative estimate of drug-likeness (QED) is 0.154. The van der Waals surface area contributed by atoms with Crippen LogP contribution in [0.15, 0.2) is 0 Å². The average Bonchev–Trinajstić information content (AvgIpc) is 2.55. The minimum Gasteiger partial charge on any atom is -0.480 e. The molecule has 2 unspecified atom stereocenters. The number of carbonyl (C=O) groups is 4. The minimum absolute atomic E-state index is 0.520. The second-order valence-electron chi connectivity index (χ2n) is 5.07. The van der Waals surface area contributed by atoms with E-state index in [-0.39, 0.29) is 0 Å². The molecule has 0 saturated carbocycles. The van der Waals surface area contributed by atoms with Crippen molar-refractivity contribution in [3.63, 3.8) is 0 Å². The lowest BCUT2D eigenvalue weighted by Crippen LogP contribution is -2.29. The van der Waals surface area contributed by atoms with Crippen LogP contribution in [0.1, 0.15) is 38.5 Å². The molecule has 0 amide bonds. The summed E-state index contributed by atoms with van der Waals surface area (Å²) in [6, 6.07) is -1.43. The molecule has 0 aromatic heterocycles. The van der Waals surface area contributed by atoms with E-state index in [2.05, 4.69) is 0 Å². The predicted octanol–water partition coefficient (Wildman–Crippen LogP) is -1.79. The molecule has 0 saturated heterocycles. The Morgan fingerprint density at radius 1 is 0.615 bits per heavy atom. The van der Waals surface area contributed by atoms with Crippen LogP contribution in [0.4, 0.5) is 0 Å². The van der Waals surface area contributed by atoms with Crippen LogP contribution < -0.4 is 22.9 Å². The molecule has 12 nitrogen and oxygen atoms in total. The van der Waals surface area contributed by atoms with Crippen molar-refractivity contribution in [3.05, 3.63) is 0 Å². The van der Waals surface area contributed by atoms with Gasteiger partial charge in [-0.1, -0.05) is 12.8 Å². The van der Waals surface area contributed by atoms with Crippen molar-refractivity contribution in [1.82, 2.24) is 0 Å². The Hall–Kier alpha value is -2.28. The third-order valence-electron chi connectivity index (χ3n) is 2.76. The zero-order chi connectivity index (χ0) is 21.1. The zero-order valence-corrected chi connectivity index (χ0v) is 14.5. The Labute approximate surface area is 151 Å². The topological polar surface area (TPSA) is 253 Å². The SMILES string of the molecule is NCCCCC(N)C(=O)O.NCCCCC(N)C(=O)O.O=C(O)C(=O)O. The standard InChI is InChI=1S/2C6H14N2O2.C2H2O4/c2*7-4-2-1-3-5(8)6(9)10;3-1(4)2(5)6/h2*5H,1-4,7-8H2,(H,9,10);(H,3,4)(H,5,6). The van der Waals surface area contributed by atoms with Crippen LogP contribution in [0.5, 0.6) is 0 Å². The fourth-order valence-corrected chi connectivity index (χ4v) is 1.26. The molecule has 0 heterocycles. The summed E-state index contributed by atoms with van der Waals surface area (Å²) in [5, 5.41) is 31.4. The number of carboxylic acid groups (broad SMARTS) is 4. The molecule has 0 fully saturated rings. The molecular formula is C14H30N4O8. The maximum Gasteiger partial charge on any atom is 0.414 e. The molecular weight excluding hydrogens is 352 g/mol. The smallest absolute Gasteiger partial charge is 0.414 e. The van der Waals surface area contributed by atoms with Gasteiger partial charge in [0.1, 0.15) is 12.1 Å². The molecule has 154 valence electrons. The summed E-state index contributed by atoms with van der Waals surface area (Å²) >= 11 is 0. The monoisotopic (exact) mass is 382 g/mol. The fourth-order valence-electron chi connectivity index (χ4n) is 1.26. The highest BCUT2D eigenvalue weighted by Crippen LogP contribution is 1.97. The van der Waals surface area contributed by atoms with Gasteiger partial charge in [-0.25, -0.2) is 9.59 Å². The molecule has 0 rings (SSSR count). The van der Waals surface area contributed by atoms with Crippen LogP contribution in [0, 0.1) is 0 Å². The molecule has 0 aliphatic carbocycles. The molecule has 0 aliphatic rings. The van der Waals surface area contributed by atoms with Crippen LogP contribution >= 0.6 is 0 Å². The lowest BCUT2D eigenvalue weighted by atomic mass is 10.1. The Morgan fingerprint density at radius 3 is 1.04 bits per heavy atom. The number of hydrogen-bond donors (Lipinski definition) is 8. The van der Waals surface area contributed by atoms with E-state index in [1.165, 1.54) is 0 Å². The number of aliphatic carboxylic acids is 4. The molecule has 0 bridgehead atoms. The van der Waals surface area contributed by atoms with Gasteiger partial charge in [-0.3, -0.25) is 9.59 Å². The largest absolute Gasteiger partial charge is 0.480 e. The van der Waals surface area contributed by atoms with Crippen LogP contribution in [0.2, 0.25) is 0 Å². The number of nitrogens with two attached hydrogens (primary N) is 4. The van der Waals surface area contributed by atoms with Crippen molar-refractivity contribution >= 4 is 23.9 Å². The molecule has 26 heavy (non-hydrogen) atoms. The van der Waals surface area contributed by atoms with Crippen molar-refractivity contribution in [3.8, 4) is 0 Å². The van der Waals surface area contributed by atoms with Crippen molar-refractivity contribution in [1.29, 1.82) is 0 Å². The third-order valence-corrected chi connectivity index (χ3v) is 2.76. The summed E-state index contributed by atoms with van der Waals surface area (Å²) in [6.45, 7) is 1.21. The zero-order valence-electron chi connectivity index (χ0n) is 14.5. The maximum absolute atomic E-state index is 10.1. The average molecular weight is 382 g/mol.